The summed E-state index contributed by atoms with van der Waals surface area (Å²) in [5.74, 6) is 0.280. The van der Waals surface area contributed by atoms with Crippen LogP contribution in [0.15, 0.2) is 73.3 Å². The maximum absolute atomic E-state index is 12.7. The molecule has 0 spiro atoms. The topological polar surface area (TPSA) is 44.5 Å². The third kappa shape index (κ3) is 4.29. The van der Waals surface area contributed by atoms with Gasteiger partial charge in [-0.2, -0.15) is 0 Å². The Balaban J connectivity index is 1.62. The van der Waals surface area contributed by atoms with Crippen LogP contribution in [0.5, 0.6) is 0 Å². The van der Waals surface area contributed by atoms with Gasteiger partial charge in [0.2, 0.25) is 5.71 Å². The van der Waals surface area contributed by atoms with E-state index in [1.54, 1.807) is 0 Å². The average Bonchev–Trinajstić information content (AvgIpc) is 2.79. The molecular formula is C26H31NO3. The minimum Gasteiger partial charge on any atom is -0.372 e. The number of rotatable bonds is 6. The minimum absolute atomic E-state index is 0.00782. The second-order valence-electron chi connectivity index (χ2n) is 8.43. The zero-order chi connectivity index (χ0) is 20.9. The first kappa shape index (κ1) is 20.7. The van der Waals surface area contributed by atoms with Crippen molar-refractivity contribution >= 4 is 5.71 Å². The molecule has 158 valence electrons. The van der Waals surface area contributed by atoms with E-state index in [1.807, 2.05) is 37.3 Å². The van der Waals surface area contributed by atoms with Gasteiger partial charge in [-0.25, -0.2) is 0 Å². The number of benzene rings is 2. The van der Waals surface area contributed by atoms with Crippen molar-refractivity contribution in [3.8, 4) is 0 Å². The molecule has 30 heavy (non-hydrogen) atoms. The van der Waals surface area contributed by atoms with E-state index in [-0.39, 0.29) is 17.9 Å². The summed E-state index contributed by atoms with van der Waals surface area (Å²) in [6.45, 7) is 5.81. The molecule has 0 radical (unpaired) electrons. The Labute approximate surface area is 179 Å². The molecule has 0 saturated heterocycles. The number of ether oxygens (including phenoxy) is 1. The highest BCUT2D eigenvalue weighted by Crippen LogP contribution is 2.41. The maximum Gasteiger partial charge on any atom is 0.226 e. The van der Waals surface area contributed by atoms with Crippen molar-refractivity contribution in [3.63, 3.8) is 0 Å². The average molecular weight is 406 g/mol. The van der Waals surface area contributed by atoms with Gasteiger partial charge in [-0.05, 0) is 30.4 Å². The highest BCUT2D eigenvalue weighted by molar-refractivity contribution is 5.85. The molecule has 4 rings (SSSR count). The summed E-state index contributed by atoms with van der Waals surface area (Å²) in [6, 6.07) is 20.8. The lowest BCUT2D eigenvalue weighted by molar-refractivity contribution is -0.776. The smallest absolute Gasteiger partial charge is 0.226 e. The summed E-state index contributed by atoms with van der Waals surface area (Å²) in [5.41, 5.74) is 3.08. The summed E-state index contributed by atoms with van der Waals surface area (Å²) < 4.78 is 6.61. The summed E-state index contributed by atoms with van der Waals surface area (Å²) >= 11 is 0. The molecule has 4 nitrogen and oxygen atoms in total. The minimum atomic E-state index is -0.594. The van der Waals surface area contributed by atoms with Crippen LogP contribution in [0.25, 0.3) is 0 Å². The number of nitrogens with zero attached hydrogens (tertiary/aromatic N) is 1. The zero-order valence-electron chi connectivity index (χ0n) is 17.7. The van der Waals surface area contributed by atoms with Gasteiger partial charge in [0.15, 0.2) is 6.29 Å². The standard InChI is InChI=1S/C26H31NO3/c1-3-12-23-25(21-15-8-5-9-16-21)19(2)27(28)30-26(23)29-24-18-11-10-17-22(24)20-13-6-4-7-14-20/h3-9,13-16,22-26H,1,10-12,17-18H2,2H3/t22-,23+,24+,25-,26+/m0/s1. The van der Waals surface area contributed by atoms with Crippen molar-refractivity contribution in [2.45, 2.75) is 63.3 Å². The van der Waals surface area contributed by atoms with E-state index >= 15 is 0 Å². The molecule has 0 aromatic heterocycles. The van der Waals surface area contributed by atoms with Gasteiger partial charge in [-0.3, -0.25) is 5.21 Å². The Bertz CT molecular complexity index is 864. The van der Waals surface area contributed by atoms with Crippen molar-refractivity contribution in [2.75, 3.05) is 0 Å². The lowest BCUT2D eigenvalue weighted by Crippen LogP contribution is -2.46. The molecule has 2 aromatic rings. The molecule has 1 aliphatic carbocycles. The first-order chi connectivity index (χ1) is 14.7. The van der Waals surface area contributed by atoms with Crippen LogP contribution in [0.1, 0.15) is 62.0 Å². The van der Waals surface area contributed by atoms with Crippen molar-refractivity contribution < 1.29 is 14.5 Å². The predicted octanol–water partition coefficient (Wildman–Crippen LogP) is 5.95. The molecule has 2 aliphatic rings. The SMILES string of the molecule is C=CC[C@H]1[C@H](O[C@@H]2CCCC[C@H]2c2ccccc2)O[N+]([O-])=C(C)[C@H]1c1ccccc1. The number of allylic oxidation sites excluding steroid dienone is 1. The predicted molar refractivity (Wildman–Crippen MR) is 119 cm³/mol. The van der Waals surface area contributed by atoms with E-state index in [1.165, 1.54) is 12.0 Å². The normalized spacial score (nSPS) is 29.3. The van der Waals surface area contributed by atoms with E-state index in [0.717, 1.165) is 31.2 Å². The molecular weight excluding hydrogens is 374 g/mol. The molecule has 0 unspecified atom stereocenters. The molecule has 4 heteroatoms. The monoisotopic (exact) mass is 405 g/mol. The lowest BCUT2D eigenvalue weighted by Gasteiger charge is -2.41. The third-order valence-electron chi connectivity index (χ3n) is 6.55. The van der Waals surface area contributed by atoms with E-state index < -0.39 is 6.29 Å². The van der Waals surface area contributed by atoms with Gasteiger partial charge in [0, 0.05) is 23.7 Å². The van der Waals surface area contributed by atoms with Gasteiger partial charge >= 0.3 is 0 Å². The van der Waals surface area contributed by atoms with E-state index in [2.05, 4.69) is 43.0 Å². The van der Waals surface area contributed by atoms with Crippen molar-refractivity contribution in [2.24, 2.45) is 5.92 Å². The highest BCUT2D eigenvalue weighted by atomic mass is 16.9. The van der Waals surface area contributed by atoms with Gasteiger partial charge in [-0.1, -0.05) is 79.6 Å². The molecule has 1 heterocycles. The lowest BCUT2D eigenvalue weighted by atomic mass is 9.79. The summed E-state index contributed by atoms with van der Waals surface area (Å²) in [7, 11) is 0. The fourth-order valence-electron chi connectivity index (χ4n) is 5.06. The van der Waals surface area contributed by atoms with E-state index in [9.17, 15) is 5.21 Å². The first-order valence-corrected chi connectivity index (χ1v) is 11.0. The van der Waals surface area contributed by atoms with Crippen molar-refractivity contribution in [1.29, 1.82) is 0 Å². The summed E-state index contributed by atoms with van der Waals surface area (Å²) in [4.78, 5) is 6.44. The van der Waals surface area contributed by atoms with E-state index in [4.69, 9.17) is 9.57 Å². The zero-order valence-corrected chi connectivity index (χ0v) is 17.7. The summed E-state index contributed by atoms with van der Waals surface area (Å²) in [5, 5.41) is 12.7. The van der Waals surface area contributed by atoms with Crippen LogP contribution in [0.4, 0.5) is 0 Å². The van der Waals surface area contributed by atoms with Crippen molar-refractivity contribution in [1.82, 2.24) is 0 Å². The first-order valence-electron chi connectivity index (χ1n) is 11.0. The molecule has 2 aromatic carbocycles. The van der Waals surface area contributed by atoms with Crippen molar-refractivity contribution in [3.05, 3.63) is 89.7 Å². The second-order valence-corrected chi connectivity index (χ2v) is 8.43. The Morgan fingerprint density at radius 2 is 1.67 bits per heavy atom. The molecule has 0 N–H and O–H groups in total. The molecule has 1 aliphatic heterocycles. The Hall–Kier alpha value is -2.59. The molecule has 5 atom stereocenters. The fraction of sp³-hybridized carbons (Fsp3) is 0.423. The Kier molecular flexibility index (Phi) is 6.53. The van der Waals surface area contributed by atoms with Gasteiger partial charge in [0.1, 0.15) is 0 Å². The Morgan fingerprint density at radius 1 is 1.03 bits per heavy atom. The number of hydrogen-bond acceptors (Lipinski definition) is 3. The van der Waals surface area contributed by atoms with Crippen LogP contribution in [-0.2, 0) is 9.57 Å². The van der Waals surface area contributed by atoms with Crippen LogP contribution >= 0.6 is 0 Å². The van der Waals surface area contributed by atoms with Crippen LogP contribution in [0.2, 0.25) is 0 Å². The van der Waals surface area contributed by atoms with Gasteiger partial charge in [0.05, 0.1) is 12.0 Å². The molecule has 1 fully saturated rings. The number of hydrogen-bond donors (Lipinski definition) is 0. The quantitative estimate of drug-likeness (QED) is 0.441. The van der Waals surface area contributed by atoms with Crippen LogP contribution in [0, 0.1) is 11.1 Å². The van der Waals surface area contributed by atoms with Gasteiger partial charge < -0.3 is 9.57 Å². The van der Waals surface area contributed by atoms with Gasteiger partial charge in [-0.15, -0.1) is 6.58 Å². The molecule has 1 saturated carbocycles. The maximum atomic E-state index is 12.7. The van der Waals surface area contributed by atoms with E-state index in [0.29, 0.717) is 16.5 Å². The second kappa shape index (κ2) is 9.48. The van der Waals surface area contributed by atoms with Crippen LogP contribution in [0.3, 0.4) is 0 Å². The van der Waals surface area contributed by atoms with Gasteiger partial charge in [0.25, 0.3) is 0 Å². The highest BCUT2D eigenvalue weighted by Gasteiger charge is 2.43. The fourth-order valence-corrected chi connectivity index (χ4v) is 5.06. The third-order valence-corrected chi connectivity index (χ3v) is 6.55. The molecule has 0 amide bonds. The van der Waals surface area contributed by atoms with Crippen LogP contribution in [-0.4, -0.2) is 23.0 Å². The largest absolute Gasteiger partial charge is 0.372 e. The molecule has 0 bridgehead atoms. The Morgan fingerprint density at radius 3 is 2.33 bits per heavy atom. The summed E-state index contributed by atoms with van der Waals surface area (Å²) in [6.07, 6.45) is 6.50. The van der Waals surface area contributed by atoms with Crippen LogP contribution < -0.4 is 0 Å².